The van der Waals surface area contributed by atoms with Crippen LogP contribution in [0.2, 0.25) is 0 Å². The number of para-hydroxylation sites is 1. The van der Waals surface area contributed by atoms with E-state index in [0.29, 0.717) is 6.42 Å². The molecule has 0 aliphatic heterocycles. The molecule has 0 spiro atoms. The highest BCUT2D eigenvalue weighted by Crippen LogP contribution is 2.15. The molecule has 17 heavy (non-hydrogen) atoms. The molecular formula is C13H21N3O. The Hall–Kier alpha value is -1.55. The second kappa shape index (κ2) is 5.68. The zero-order valence-corrected chi connectivity index (χ0v) is 10.7. The lowest BCUT2D eigenvalue weighted by Gasteiger charge is -2.29. The lowest BCUT2D eigenvalue weighted by Crippen LogP contribution is -2.53. The SMILES string of the molecule is CNC(C)(CCN(C)c1ccccc1)C(N)=O. The van der Waals surface area contributed by atoms with Crippen LogP contribution < -0.4 is 16.0 Å². The quantitative estimate of drug-likeness (QED) is 0.772. The highest BCUT2D eigenvalue weighted by molar-refractivity contribution is 5.84. The molecule has 4 heteroatoms. The maximum Gasteiger partial charge on any atom is 0.237 e. The number of primary amides is 1. The number of nitrogens with one attached hydrogen (secondary N) is 1. The number of likely N-dealkylation sites (N-methyl/N-ethyl adjacent to an activating group) is 1. The number of rotatable bonds is 6. The molecule has 1 amide bonds. The summed E-state index contributed by atoms with van der Waals surface area (Å²) in [5.41, 5.74) is 5.87. The molecule has 1 aromatic carbocycles. The number of anilines is 1. The standard InChI is InChI=1S/C13H21N3O/c1-13(15-2,12(14)17)9-10-16(3)11-7-5-4-6-8-11/h4-8,15H,9-10H2,1-3H3,(H2,14,17). The lowest BCUT2D eigenvalue weighted by molar-refractivity contribution is -0.123. The number of hydrogen-bond donors (Lipinski definition) is 2. The van der Waals surface area contributed by atoms with Crippen LogP contribution in [0.4, 0.5) is 5.69 Å². The first-order chi connectivity index (χ1) is 7.99. The third kappa shape index (κ3) is 3.46. The molecule has 1 unspecified atom stereocenters. The third-order valence-electron chi connectivity index (χ3n) is 3.24. The van der Waals surface area contributed by atoms with Gasteiger partial charge in [-0.3, -0.25) is 4.79 Å². The van der Waals surface area contributed by atoms with E-state index in [-0.39, 0.29) is 5.91 Å². The number of benzene rings is 1. The van der Waals surface area contributed by atoms with Crippen molar-refractivity contribution in [2.75, 3.05) is 25.5 Å². The van der Waals surface area contributed by atoms with Crippen LogP contribution in [0.15, 0.2) is 30.3 Å². The number of nitrogens with zero attached hydrogens (tertiary/aromatic N) is 1. The second-order valence-corrected chi connectivity index (χ2v) is 4.45. The van der Waals surface area contributed by atoms with Crippen LogP contribution in [0, 0.1) is 0 Å². The topological polar surface area (TPSA) is 58.4 Å². The fourth-order valence-electron chi connectivity index (χ4n) is 1.57. The van der Waals surface area contributed by atoms with Gasteiger partial charge in [-0.05, 0) is 32.5 Å². The number of nitrogens with two attached hydrogens (primary N) is 1. The Morgan fingerprint density at radius 2 is 2.00 bits per heavy atom. The molecular weight excluding hydrogens is 214 g/mol. The van der Waals surface area contributed by atoms with Crippen molar-refractivity contribution in [3.05, 3.63) is 30.3 Å². The van der Waals surface area contributed by atoms with E-state index in [2.05, 4.69) is 10.2 Å². The van der Waals surface area contributed by atoms with Gasteiger partial charge in [-0.25, -0.2) is 0 Å². The summed E-state index contributed by atoms with van der Waals surface area (Å²) in [5, 5.41) is 2.98. The highest BCUT2D eigenvalue weighted by Gasteiger charge is 2.28. The zero-order valence-electron chi connectivity index (χ0n) is 10.7. The Labute approximate surface area is 103 Å². The van der Waals surface area contributed by atoms with Crippen molar-refractivity contribution < 1.29 is 4.79 Å². The smallest absolute Gasteiger partial charge is 0.237 e. The van der Waals surface area contributed by atoms with E-state index in [1.807, 2.05) is 44.3 Å². The van der Waals surface area contributed by atoms with Gasteiger partial charge in [0.05, 0.1) is 5.54 Å². The molecule has 0 saturated heterocycles. The van der Waals surface area contributed by atoms with Crippen LogP contribution in [0.1, 0.15) is 13.3 Å². The number of carbonyl (C=O) groups is 1. The Kier molecular flexibility index (Phi) is 4.52. The first-order valence-corrected chi connectivity index (χ1v) is 5.74. The summed E-state index contributed by atoms with van der Waals surface area (Å²) in [4.78, 5) is 13.5. The lowest BCUT2D eigenvalue weighted by atomic mass is 9.97. The second-order valence-electron chi connectivity index (χ2n) is 4.45. The first-order valence-electron chi connectivity index (χ1n) is 5.74. The minimum atomic E-state index is -0.650. The van der Waals surface area contributed by atoms with Crippen LogP contribution in [-0.2, 0) is 4.79 Å². The maximum atomic E-state index is 11.3. The van der Waals surface area contributed by atoms with E-state index in [0.717, 1.165) is 12.2 Å². The van der Waals surface area contributed by atoms with E-state index >= 15 is 0 Å². The minimum Gasteiger partial charge on any atom is -0.375 e. The van der Waals surface area contributed by atoms with Crippen LogP contribution in [0.25, 0.3) is 0 Å². The molecule has 0 saturated carbocycles. The average molecular weight is 235 g/mol. The number of hydrogen-bond acceptors (Lipinski definition) is 3. The molecule has 1 rings (SSSR count). The van der Waals surface area contributed by atoms with Crippen LogP contribution in [0.3, 0.4) is 0 Å². The summed E-state index contributed by atoms with van der Waals surface area (Å²) in [5.74, 6) is -0.318. The summed E-state index contributed by atoms with van der Waals surface area (Å²) in [7, 11) is 3.76. The van der Waals surface area contributed by atoms with Gasteiger partial charge in [-0.15, -0.1) is 0 Å². The molecule has 0 aliphatic rings. The molecule has 3 N–H and O–H groups in total. The van der Waals surface area contributed by atoms with Gasteiger partial charge in [0, 0.05) is 19.3 Å². The molecule has 1 aromatic rings. The summed E-state index contributed by atoms with van der Waals surface area (Å²) in [6, 6.07) is 10.1. The van der Waals surface area contributed by atoms with Gasteiger partial charge in [-0.1, -0.05) is 18.2 Å². The van der Waals surface area contributed by atoms with Gasteiger partial charge in [0.15, 0.2) is 0 Å². The van der Waals surface area contributed by atoms with Crippen LogP contribution in [0.5, 0.6) is 0 Å². The molecule has 0 radical (unpaired) electrons. The zero-order chi connectivity index (χ0) is 12.9. The van der Waals surface area contributed by atoms with Gasteiger partial charge in [0.2, 0.25) is 5.91 Å². The molecule has 94 valence electrons. The van der Waals surface area contributed by atoms with Gasteiger partial charge < -0.3 is 16.0 Å². The Morgan fingerprint density at radius 3 is 2.47 bits per heavy atom. The van der Waals surface area contributed by atoms with Gasteiger partial charge in [0.1, 0.15) is 0 Å². The van der Waals surface area contributed by atoms with Crippen molar-refractivity contribution in [3.63, 3.8) is 0 Å². The van der Waals surface area contributed by atoms with Crippen molar-refractivity contribution in [2.45, 2.75) is 18.9 Å². The van der Waals surface area contributed by atoms with Gasteiger partial charge >= 0.3 is 0 Å². The monoisotopic (exact) mass is 235 g/mol. The molecule has 0 fully saturated rings. The van der Waals surface area contributed by atoms with Crippen molar-refractivity contribution in [2.24, 2.45) is 5.73 Å². The predicted molar refractivity (Wildman–Crippen MR) is 71.0 cm³/mol. The van der Waals surface area contributed by atoms with E-state index in [9.17, 15) is 4.79 Å². The summed E-state index contributed by atoms with van der Waals surface area (Å²) in [6.07, 6.45) is 0.671. The van der Waals surface area contributed by atoms with Crippen molar-refractivity contribution in [1.29, 1.82) is 0 Å². The summed E-state index contributed by atoms with van der Waals surface area (Å²) >= 11 is 0. The minimum absolute atomic E-state index is 0.318. The Morgan fingerprint density at radius 1 is 1.41 bits per heavy atom. The van der Waals surface area contributed by atoms with E-state index in [1.54, 1.807) is 7.05 Å². The number of carbonyl (C=O) groups excluding carboxylic acids is 1. The predicted octanol–water partition coefficient (Wildman–Crippen LogP) is 0.976. The van der Waals surface area contributed by atoms with Crippen molar-refractivity contribution in [3.8, 4) is 0 Å². The molecule has 0 heterocycles. The first kappa shape index (κ1) is 13.5. The highest BCUT2D eigenvalue weighted by atomic mass is 16.1. The van der Waals surface area contributed by atoms with Gasteiger partial charge in [-0.2, -0.15) is 0 Å². The molecule has 0 aromatic heterocycles. The molecule has 1 atom stereocenters. The maximum absolute atomic E-state index is 11.3. The molecule has 4 nitrogen and oxygen atoms in total. The number of amides is 1. The summed E-state index contributed by atoms with van der Waals surface area (Å²) < 4.78 is 0. The van der Waals surface area contributed by atoms with Crippen molar-refractivity contribution >= 4 is 11.6 Å². The fraction of sp³-hybridized carbons (Fsp3) is 0.462. The Bertz CT molecular complexity index is 366. The van der Waals surface area contributed by atoms with E-state index in [4.69, 9.17) is 5.73 Å². The largest absolute Gasteiger partial charge is 0.375 e. The molecule has 0 bridgehead atoms. The van der Waals surface area contributed by atoms with Gasteiger partial charge in [0.25, 0.3) is 0 Å². The Balaban J connectivity index is 2.59. The molecule has 0 aliphatic carbocycles. The van der Waals surface area contributed by atoms with Crippen LogP contribution in [-0.4, -0.2) is 32.1 Å². The summed E-state index contributed by atoms with van der Waals surface area (Å²) in [6.45, 7) is 2.60. The average Bonchev–Trinajstić information content (AvgIpc) is 2.36. The van der Waals surface area contributed by atoms with E-state index < -0.39 is 5.54 Å². The van der Waals surface area contributed by atoms with E-state index in [1.165, 1.54) is 0 Å². The normalized spacial score (nSPS) is 14.1. The fourth-order valence-corrected chi connectivity index (χ4v) is 1.57. The van der Waals surface area contributed by atoms with Crippen molar-refractivity contribution in [1.82, 2.24) is 5.32 Å². The third-order valence-corrected chi connectivity index (χ3v) is 3.24. The van der Waals surface area contributed by atoms with Crippen LogP contribution >= 0.6 is 0 Å².